The molecular formula is C25H25F9O2. The summed E-state index contributed by atoms with van der Waals surface area (Å²) in [5, 5.41) is 0. The first kappa shape index (κ1) is 28.1. The fraction of sp³-hybridized carbons (Fsp3) is 0.520. The third-order valence-electron chi connectivity index (χ3n) is 6.32. The number of hydrogen-bond donors (Lipinski definition) is 0. The topological polar surface area (TPSA) is 18.5 Å². The summed E-state index contributed by atoms with van der Waals surface area (Å²) < 4.78 is 130. The van der Waals surface area contributed by atoms with Crippen molar-refractivity contribution in [3.63, 3.8) is 0 Å². The highest BCUT2D eigenvalue weighted by molar-refractivity contribution is 5.32. The van der Waals surface area contributed by atoms with Gasteiger partial charge in [-0.2, -0.15) is 8.78 Å². The molecule has 0 bridgehead atoms. The van der Waals surface area contributed by atoms with E-state index in [4.69, 9.17) is 0 Å². The van der Waals surface area contributed by atoms with Crippen LogP contribution < -0.4 is 4.74 Å². The number of halogens is 9. The SMILES string of the molecule is CCC[C@H]1CC[C@H](c2cc(F)c(C(F)(F)OCCc3cc(F)c(OC(F)(F)F)c(F)c3)c(F)c2)CC1. The summed E-state index contributed by atoms with van der Waals surface area (Å²) in [7, 11) is 0. The summed E-state index contributed by atoms with van der Waals surface area (Å²) in [6.45, 7) is 1.14. The maximum atomic E-state index is 14.6. The molecule has 0 atom stereocenters. The quantitative estimate of drug-likeness (QED) is 0.304. The van der Waals surface area contributed by atoms with Crippen LogP contribution in [0.3, 0.4) is 0 Å². The summed E-state index contributed by atoms with van der Waals surface area (Å²) in [5.74, 6) is -7.64. The van der Waals surface area contributed by atoms with Crippen LogP contribution in [0.15, 0.2) is 24.3 Å². The van der Waals surface area contributed by atoms with Gasteiger partial charge in [0.05, 0.1) is 6.61 Å². The zero-order chi connectivity index (χ0) is 26.7. The molecular weight excluding hydrogens is 503 g/mol. The van der Waals surface area contributed by atoms with E-state index in [1.165, 1.54) is 0 Å². The Morgan fingerprint density at radius 2 is 1.36 bits per heavy atom. The van der Waals surface area contributed by atoms with E-state index >= 15 is 0 Å². The third kappa shape index (κ3) is 7.08. The Bertz CT molecular complexity index is 998. The van der Waals surface area contributed by atoms with E-state index in [0.29, 0.717) is 36.5 Å². The number of benzene rings is 2. The Labute approximate surface area is 202 Å². The second-order valence-electron chi connectivity index (χ2n) is 8.92. The lowest BCUT2D eigenvalue weighted by Gasteiger charge is -2.29. The van der Waals surface area contributed by atoms with Crippen molar-refractivity contribution in [1.82, 2.24) is 0 Å². The molecule has 36 heavy (non-hydrogen) atoms. The smallest absolute Gasteiger partial charge is 0.399 e. The predicted octanol–water partition coefficient (Wildman–Crippen LogP) is 8.52. The van der Waals surface area contributed by atoms with Crippen molar-refractivity contribution in [3.05, 3.63) is 64.2 Å². The van der Waals surface area contributed by atoms with Gasteiger partial charge >= 0.3 is 12.5 Å². The van der Waals surface area contributed by atoms with E-state index < -0.39 is 60.1 Å². The minimum atomic E-state index is -5.34. The molecule has 0 unspecified atom stereocenters. The van der Waals surface area contributed by atoms with Gasteiger partial charge in [-0.1, -0.05) is 19.8 Å². The van der Waals surface area contributed by atoms with Crippen LogP contribution in [-0.2, 0) is 17.3 Å². The highest BCUT2D eigenvalue weighted by Crippen LogP contribution is 2.40. The Kier molecular flexibility index (Phi) is 8.84. The maximum Gasteiger partial charge on any atom is 0.573 e. The van der Waals surface area contributed by atoms with Crippen LogP contribution in [-0.4, -0.2) is 13.0 Å². The molecule has 1 aliphatic rings. The first-order chi connectivity index (χ1) is 16.8. The molecule has 0 aromatic heterocycles. The lowest BCUT2D eigenvalue weighted by molar-refractivity contribution is -0.276. The molecule has 0 aliphatic heterocycles. The van der Waals surface area contributed by atoms with Gasteiger partial charge in [-0.15, -0.1) is 13.2 Å². The molecule has 1 aliphatic carbocycles. The maximum absolute atomic E-state index is 14.6. The van der Waals surface area contributed by atoms with Crippen molar-refractivity contribution in [2.45, 2.75) is 70.3 Å². The Morgan fingerprint density at radius 1 is 0.806 bits per heavy atom. The molecule has 3 rings (SSSR count). The van der Waals surface area contributed by atoms with Gasteiger partial charge in [0, 0.05) is 0 Å². The molecule has 2 aromatic carbocycles. The molecule has 0 radical (unpaired) electrons. The van der Waals surface area contributed by atoms with Crippen molar-refractivity contribution in [3.8, 4) is 5.75 Å². The first-order valence-corrected chi connectivity index (χ1v) is 11.6. The van der Waals surface area contributed by atoms with Gasteiger partial charge in [-0.3, -0.25) is 0 Å². The molecule has 11 heteroatoms. The lowest BCUT2D eigenvalue weighted by Crippen LogP contribution is -2.24. The Hall–Kier alpha value is -2.43. The summed E-state index contributed by atoms with van der Waals surface area (Å²) >= 11 is 0. The molecule has 0 spiro atoms. The first-order valence-electron chi connectivity index (χ1n) is 11.6. The average Bonchev–Trinajstić information content (AvgIpc) is 2.75. The minimum Gasteiger partial charge on any atom is -0.399 e. The summed E-state index contributed by atoms with van der Waals surface area (Å²) in [4.78, 5) is 0. The Morgan fingerprint density at radius 3 is 1.86 bits per heavy atom. The fourth-order valence-electron chi connectivity index (χ4n) is 4.64. The second-order valence-corrected chi connectivity index (χ2v) is 8.92. The van der Waals surface area contributed by atoms with Crippen molar-refractivity contribution < 1.29 is 49.0 Å². The minimum absolute atomic E-state index is 0.139. The van der Waals surface area contributed by atoms with Crippen LogP contribution in [0.25, 0.3) is 0 Å². The highest BCUT2D eigenvalue weighted by Gasteiger charge is 2.40. The zero-order valence-corrected chi connectivity index (χ0v) is 19.3. The molecule has 200 valence electrons. The second kappa shape index (κ2) is 11.3. The van der Waals surface area contributed by atoms with E-state index in [0.717, 1.165) is 37.8 Å². The monoisotopic (exact) mass is 528 g/mol. The highest BCUT2D eigenvalue weighted by atomic mass is 19.4. The summed E-state index contributed by atoms with van der Waals surface area (Å²) in [6, 6.07) is 2.67. The number of hydrogen-bond acceptors (Lipinski definition) is 2. The van der Waals surface area contributed by atoms with Crippen LogP contribution in [0, 0.1) is 29.2 Å². The standard InChI is InChI=1S/C25H25F9O2/c1-2-3-14-4-6-16(7-5-14)17-12-18(26)22(19(27)13-17)24(30,31)35-9-8-15-10-20(28)23(21(29)11-15)36-25(32,33)34/h10-14,16H,2-9H2,1H3/t14-,16-. The summed E-state index contributed by atoms with van der Waals surface area (Å²) in [6.07, 6.45) is -5.01. The van der Waals surface area contributed by atoms with E-state index in [1.807, 2.05) is 0 Å². The molecule has 0 heterocycles. The van der Waals surface area contributed by atoms with Crippen molar-refractivity contribution in [2.24, 2.45) is 5.92 Å². The molecule has 0 N–H and O–H groups in total. The van der Waals surface area contributed by atoms with E-state index in [-0.39, 0.29) is 11.5 Å². The zero-order valence-electron chi connectivity index (χ0n) is 19.3. The normalized spacial score (nSPS) is 18.9. The van der Waals surface area contributed by atoms with Crippen molar-refractivity contribution in [2.75, 3.05) is 6.61 Å². The predicted molar refractivity (Wildman–Crippen MR) is 113 cm³/mol. The van der Waals surface area contributed by atoms with Gasteiger partial charge in [0.1, 0.15) is 17.2 Å². The van der Waals surface area contributed by atoms with E-state index in [1.54, 1.807) is 0 Å². The molecule has 1 saturated carbocycles. The third-order valence-corrected chi connectivity index (χ3v) is 6.32. The van der Waals surface area contributed by atoms with Crippen LogP contribution >= 0.6 is 0 Å². The van der Waals surface area contributed by atoms with Crippen molar-refractivity contribution >= 4 is 0 Å². The van der Waals surface area contributed by atoms with Crippen LogP contribution in [0.4, 0.5) is 39.5 Å². The van der Waals surface area contributed by atoms with E-state index in [9.17, 15) is 39.5 Å². The van der Waals surface area contributed by atoms with Gasteiger partial charge < -0.3 is 9.47 Å². The van der Waals surface area contributed by atoms with Gasteiger partial charge in [0.15, 0.2) is 11.6 Å². The molecule has 0 saturated heterocycles. The number of ether oxygens (including phenoxy) is 2. The van der Waals surface area contributed by atoms with Gasteiger partial charge in [0.2, 0.25) is 5.75 Å². The Balaban J connectivity index is 1.66. The largest absolute Gasteiger partial charge is 0.573 e. The average molecular weight is 528 g/mol. The summed E-state index contributed by atoms with van der Waals surface area (Å²) in [5.41, 5.74) is -1.62. The number of alkyl halides is 5. The van der Waals surface area contributed by atoms with Crippen molar-refractivity contribution in [1.29, 1.82) is 0 Å². The van der Waals surface area contributed by atoms with Gasteiger partial charge in [-0.05, 0) is 79.3 Å². The van der Waals surface area contributed by atoms with Gasteiger partial charge in [-0.25, -0.2) is 17.6 Å². The molecule has 2 aromatic rings. The van der Waals surface area contributed by atoms with Crippen LogP contribution in [0.5, 0.6) is 5.75 Å². The van der Waals surface area contributed by atoms with Gasteiger partial charge in [0.25, 0.3) is 0 Å². The fourth-order valence-corrected chi connectivity index (χ4v) is 4.64. The van der Waals surface area contributed by atoms with Crippen LogP contribution in [0.1, 0.15) is 68.1 Å². The molecule has 2 nitrogen and oxygen atoms in total. The van der Waals surface area contributed by atoms with Crippen LogP contribution in [0.2, 0.25) is 0 Å². The molecule has 0 amide bonds. The molecule has 1 fully saturated rings. The lowest BCUT2D eigenvalue weighted by atomic mass is 9.77. The number of rotatable bonds is 9. The van der Waals surface area contributed by atoms with E-state index in [2.05, 4.69) is 16.4 Å².